The van der Waals surface area contributed by atoms with Crippen LogP contribution in [-0.2, 0) is 16.1 Å². The van der Waals surface area contributed by atoms with E-state index in [2.05, 4.69) is 15.7 Å². The highest BCUT2D eigenvalue weighted by molar-refractivity contribution is 5.85. The molecule has 1 aliphatic rings. The van der Waals surface area contributed by atoms with Crippen LogP contribution in [0.4, 0.5) is 0 Å². The Morgan fingerprint density at radius 3 is 3.17 bits per heavy atom. The van der Waals surface area contributed by atoms with Crippen LogP contribution in [0.15, 0.2) is 18.5 Å². The summed E-state index contributed by atoms with van der Waals surface area (Å²) in [4.78, 5) is 11.7. The zero-order valence-corrected chi connectivity index (χ0v) is 11.0. The van der Waals surface area contributed by atoms with Gasteiger partial charge in [0.15, 0.2) is 0 Å². The standard InChI is InChI=1S/C11H18N4O2.ClH/c16-11(10-9-17-8-5-12-10)13-3-1-6-15-7-2-4-14-15;/h2,4,7,10,12H,1,3,5-6,8-9H2,(H,13,16);1H. The van der Waals surface area contributed by atoms with Crippen molar-refractivity contribution in [2.24, 2.45) is 0 Å². The first-order valence-electron chi connectivity index (χ1n) is 5.92. The van der Waals surface area contributed by atoms with Gasteiger partial charge in [-0.1, -0.05) is 0 Å². The highest BCUT2D eigenvalue weighted by atomic mass is 35.5. The van der Waals surface area contributed by atoms with Crippen molar-refractivity contribution in [3.05, 3.63) is 18.5 Å². The fourth-order valence-corrected chi connectivity index (χ4v) is 1.74. The molecule has 0 aliphatic carbocycles. The number of nitrogens with zero attached hydrogens (tertiary/aromatic N) is 2. The van der Waals surface area contributed by atoms with Crippen LogP contribution >= 0.6 is 12.4 Å². The molecule has 0 spiro atoms. The van der Waals surface area contributed by atoms with Crippen LogP contribution < -0.4 is 10.6 Å². The van der Waals surface area contributed by atoms with Gasteiger partial charge in [0.2, 0.25) is 5.91 Å². The molecule has 1 unspecified atom stereocenters. The first-order valence-corrected chi connectivity index (χ1v) is 5.92. The van der Waals surface area contributed by atoms with Gasteiger partial charge in [0.25, 0.3) is 0 Å². The molecule has 1 aromatic rings. The van der Waals surface area contributed by atoms with E-state index in [0.29, 0.717) is 19.8 Å². The number of aryl methyl sites for hydroxylation is 1. The molecule has 0 bridgehead atoms. The topological polar surface area (TPSA) is 68.2 Å². The number of amides is 1. The second-order valence-electron chi connectivity index (χ2n) is 4.00. The first-order chi connectivity index (χ1) is 8.36. The molecule has 6 nitrogen and oxygen atoms in total. The van der Waals surface area contributed by atoms with E-state index >= 15 is 0 Å². The summed E-state index contributed by atoms with van der Waals surface area (Å²) < 4.78 is 7.09. The number of hydrogen-bond donors (Lipinski definition) is 2. The Hall–Kier alpha value is -1.11. The molecule has 1 fully saturated rings. The Bertz CT molecular complexity index is 339. The lowest BCUT2D eigenvalue weighted by Gasteiger charge is -2.22. The number of rotatable bonds is 5. The maximum absolute atomic E-state index is 11.7. The van der Waals surface area contributed by atoms with Crippen LogP contribution in [0.25, 0.3) is 0 Å². The Balaban J connectivity index is 0.00000162. The van der Waals surface area contributed by atoms with Crippen molar-refractivity contribution in [3.8, 4) is 0 Å². The molecular weight excluding hydrogens is 256 g/mol. The van der Waals surface area contributed by atoms with Gasteiger partial charge in [-0.15, -0.1) is 12.4 Å². The summed E-state index contributed by atoms with van der Waals surface area (Å²) in [6, 6.07) is 1.69. The smallest absolute Gasteiger partial charge is 0.239 e. The molecule has 2 rings (SSSR count). The fraction of sp³-hybridized carbons (Fsp3) is 0.636. The summed E-state index contributed by atoms with van der Waals surface area (Å²) in [5.41, 5.74) is 0. The molecule has 7 heteroatoms. The lowest BCUT2D eigenvalue weighted by Crippen LogP contribution is -2.51. The van der Waals surface area contributed by atoms with Gasteiger partial charge in [-0.3, -0.25) is 9.48 Å². The van der Waals surface area contributed by atoms with Crippen molar-refractivity contribution in [1.82, 2.24) is 20.4 Å². The third-order valence-corrected chi connectivity index (χ3v) is 2.66. The third kappa shape index (κ3) is 4.64. The Morgan fingerprint density at radius 2 is 2.50 bits per heavy atom. The van der Waals surface area contributed by atoms with Gasteiger partial charge in [0.05, 0.1) is 13.2 Å². The van der Waals surface area contributed by atoms with Gasteiger partial charge < -0.3 is 15.4 Å². The van der Waals surface area contributed by atoms with Crippen molar-refractivity contribution >= 4 is 18.3 Å². The average molecular weight is 275 g/mol. The normalized spacial score (nSPS) is 19.0. The lowest BCUT2D eigenvalue weighted by molar-refractivity contribution is -0.125. The molecule has 1 saturated heterocycles. The summed E-state index contributed by atoms with van der Waals surface area (Å²) in [5, 5.41) is 10.1. The van der Waals surface area contributed by atoms with Crippen LogP contribution in [0.5, 0.6) is 0 Å². The van der Waals surface area contributed by atoms with E-state index < -0.39 is 0 Å². The maximum Gasteiger partial charge on any atom is 0.239 e. The second kappa shape index (κ2) is 8.07. The molecule has 1 amide bonds. The number of hydrogen-bond acceptors (Lipinski definition) is 4. The highest BCUT2D eigenvalue weighted by Gasteiger charge is 2.20. The second-order valence-corrected chi connectivity index (χ2v) is 4.00. The van der Waals surface area contributed by atoms with E-state index in [9.17, 15) is 4.79 Å². The summed E-state index contributed by atoms with van der Waals surface area (Å²) in [5.74, 6) is 0.0187. The zero-order valence-electron chi connectivity index (χ0n) is 10.2. The van der Waals surface area contributed by atoms with Gasteiger partial charge in [0.1, 0.15) is 6.04 Å². The van der Waals surface area contributed by atoms with Gasteiger partial charge >= 0.3 is 0 Å². The minimum atomic E-state index is -0.201. The lowest BCUT2D eigenvalue weighted by atomic mass is 10.2. The van der Waals surface area contributed by atoms with E-state index in [1.54, 1.807) is 6.20 Å². The van der Waals surface area contributed by atoms with Crippen LogP contribution in [0.3, 0.4) is 0 Å². The predicted molar refractivity (Wildman–Crippen MR) is 69.7 cm³/mol. The number of halogens is 1. The Kier molecular flexibility index (Phi) is 6.70. The SMILES string of the molecule is Cl.O=C(NCCCn1cccn1)C1COCCN1. The number of carbonyl (C=O) groups excluding carboxylic acids is 1. The van der Waals surface area contributed by atoms with Crippen molar-refractivity contribution in [1.29, 1.82) is 0 Å². The molecule has 0 radical (unpaired) electrons. The van der Waals surface area contributed by atoms with Gasteiger partial charge in [-0.2, -0.15) is 5.10 Å². The number of morpholine rings is 1. The highest BCUT2D eigenvalue weighted by Crippen LogP contribution is 1.93. The zero-order chi connectivity index (χ0) is 11.9. The third-order valence-electron chi connectivity index (χ3n) is 2.66. The van der Waals surface area contributed by atoms with E-state index in [0.717, 1.165) is 19.5 Å². The van der Waals surface area contributed by atoms with E-state index in [4.69, 9.17) is 4.74 Å². The van der Waals surface area contributed by atoms with E-state index in [-0.39, 0.29) is 24.4 Å². The number of aromatic nitrogens is 2. The maximum atomic E-state index is 11.7. The van der Waals surface area contributed by atoms with Crippen molar-refractivity contribution < 1.29 is 9.53 Å². The van der Waals surface area contributed by atoms with E-state index in [1.165, 1.54) is 0 Å². The van der Waals surface area contributed by atoms with E-state index in [1.807, 2.05) is 16.9 Å². The average Bonchev–Trinajstić information content (AvgIpc) is 2.88. The molecule has 0 aromatic carbocycles. The van der Waals surface area contributed by atoms with Crippen LogP contribution in [0, 0.1) is 0 Å². The fourth-order valence-electron chi connectivity index (χ4n) is 1.74. The van der Waals surface area contributed by atoms with Crippen LogP contribution in [0.2, 0.25) is 0 Å². The van der Waals surface area contributed by atoms with Crippen molar-refractivity contribution in [2.75, 3.05) is 26.3 Å². The molecule has 1 aromatic heterocycles. The van der Waals surface area contributed by atoms with Crippen LogP contribution in [0.1, 0.15) is 6.42 Å². The first kappa shape index (κ1) is 14.9. The molecule has 1 aliphatic heterocycles. The molecule has 2 N–H and O–H groups in total. The molecule has 18 heavy (non-hydrogen) atoms. The molecular formula is C11H19ClN4O2. The summed E-state index contributed by atoms with van der Waals surface area (Å²) in [6.45, 7) is 3.37. The van der Waals surface area contributed by atoms with Crippen LogP contribution in [-0.4, -0.2) is 48.0 Å². The quantitative estimate of drug-likeness (QED) is 0.730. The summed E-state index contributed by atoms with van der Waals surface area (Å²) in [7, 11) is 0. The Labute approximate surface area is 112 Å². The molecule has 1 atom stereocenters. The predicted octanol–water partition coefficient (Wildman–Crippen LogP) is -0.200. The number of nitrogens with one attached hydrogen (secondary N) is 2. The van der Waals surface area contributed by atoms with Gasteiger partial charge in [0, 0.05) is 32.0 Å². The largest absolute Gasteiger partial charge is 0.378 e. The van der Waals surface area contributed by atoms with Gasteiger partial charge in [-0.05, 0) is 12.5 Å². The number of ether oxygens (including phenoxy) is 1. The minimum absolute atomic E-state index is 0. The van der Waals surface area contributed by atoms with Crippen molar-refractivity contribution in [2.45, 2.75) is 19.0 Å². The van der Waals surface area contributed by atoms with Gasteiger partial charge in [-0.25, -0.2) is 0 Å². The minimum Gasteiger partial charge on any atom is -0.378 e. The monoisotopic (exact) mass is 274 g/mol. The number of carbonyl (C=O) groups is 1. The Morgan fingerprint density at radius 1 is 1.61 bits per heavy atom. The van der Waals surface area contributed by atoms with Crippen molar-refractivity contribution in [3.63, 3.8) is 0 Å². The molecule has 0 saturated carbocycles. The summed E-state index contributed by atoms with van der Waals surface area (Å²) >= 11 is 0. The molecule has 2 heterocycles. The molecule has 102 valence electrons. The summed E-state index contributed by atoms with van der Waals surface area (Å²) in [6.07, 6.45) is 4.54.